The second kappa shape index (κ2) is 8.68. The number of benzene rings is 1. The molecule has 0 radical (unpaired) electrons. The summed E-state index contributed by atoms with van der Waals surface area (Å²) in [4.78, 5) is 29.8. The van der Waals surface area contributed by atoms with E-state index in [0.29, 0.717) is 5.01 Å². The molecule has 8 heteroatoms. The number of amides is 2. The second-order valence-corrected chi connectivity index (χ2v) is 6.74. The number of carbonyl (C=O) groups excluding carboxylic acids is 2. The van der Waals surface area contributed by atoms with Crippen LogP contribution < -0.4 is 10.9 Å². The third-order valence-corrected chi connectivity index (χ3v) is 4.69. The molecule has 0 bridgehead atoms. The lowest BCUT2D eigenvalue weighted by molar-refractivity contribution is -0.129. The van der Waals surface area contributed by atoms with E-state index in [9.17, 15) is 14.0 Å². The quantitative estimate of drug-likeness (QED) is 0.769. The third-order valence-electron chi connectivity index (χ3n) is 3.73. The molecule has 1 heterocycles. The van der Waals surface area contributed by atoms with Crippen LogP contribution in [0.4, 0.5) is 4.39 Å². The number of nitrogens with one attached hydrogen (secondary N) is 2. The number of nitrogens with zero attached hydrogens (tertiary/aromatic N) is 2. The van der Waals surface area contributed by atoms with E-state index < -0.39 is 0 Å². The van der Waals surface area contributed by atoms with Gasteiger partial charge in [-0.3, -0.25) is 25.3 Å². The van der Waals surface area contributed by atoms with Gasteiger partial charge in [0.05, 0.1) is 13.0 Å². The Hall–Kier alpha value is -2.32. The predicted octanol–water partition coefficient (Wildman–Crippen LogP) is 1.97. The number of aromatic nitrogens is 1. The van der Waals surface area contributed by atoms with E-state index in [-0.39, 0.29) is 36.6 Å². The van der Waals surface area contributed by atoms with Crippen molar-refractivity contribution in [1.29, 1.82) is 0 Å². The summed E-state index contributed by atoms with van der Waals surface area (Å²) in [6.45, 7) is 3.87. The molecule has 2 aromatic rings. The van der Waals surface area contributed by atoms with Gasteiger partial charge in [-0.1, -0.05) is 12.1 Å². The Morgan fingerprint density at radius 2 is 1.88 bits per heavy atom. The van der Waals surface area contributed by atoms with Crippen LogP contribution in [0.3, 0.4) is 0 Å². The molecule has 0 aliphatic carbocycles. The van der Waals surface area contributed by atoms with E-state index >= 15 is 0 Å². The molecule has 0 saturated heterocycles. The maximum absolute atomic E-state index is 13.0. The summed E-state index contributed by atoms with van der Waals surface area (Å²) in [6, 6.07) is 6.08. The lowest BCUT2D eigenvalue weighted by Gasteiger charge is -2.24. The lowest BCUT2D eigenvalue weighted by Crippen LogP contribution is -2.46. The molecule has 2 rings (SSSR count). The Kier molecular flexibility index (Phi) is 6.60. The fourth-order valence-electron chi connectivity index (χ4n) is 2.20. The predicted molar refractivity (Wildman–Crippen MR) is 94.3 cm³/mol. The molecule has 134 valence electrons. The molecule has 1 atom stereocenters. The van der Waals surface area contributed by atoms with Crippen LogP contribution in [0.5, 0.6) is 0 Å². The van der Waals surface area contributed by atoms with Gasteiger partial charge in [-0.2, -0.15) is 0 Å². The summed E-state index contributed by atoms with van der Waals surface area (Å²) in [5.41, 5.74) is 6.55. The number of hydrogen-bond acceptors (Lipinski definition) is 5. The average molecular weight is 364 g/mol. The number of likely N-dealkylation sites (N-methyl/N-ethyl adjacent to an activating group) is 1. The van der Waals surface area contributed by atoms with E-state index in [1.807, 2.05) is 19.2 Å². The third kappa shape index (κ3) is 5.91. The van der Waals surface area contributed by atoms with Gasteiger partial charge in [0.2, 0.25) is 5.91 Å². The van der Waals surface area contributed by atoms with Crippen molar-refractivity contribution >= 4 is 23.2 Å². The van der Waals surface area contributed by atoms with Crippen molar-refractivity contribution in [3.8, 4) is 0 Å². The van der Waals surface area contributed by atoms with Gasteiger partial charge < -0.3 is 0 Å². The van der Waals surface area contributed by atoms with Crippen molar-refractivity contribution in [3.05, 3.63) is 51.7 Å². The fraction of sp³-hybridized carbons (Fsp3) is 0.353. The maximum Gasteiger partial charge on any atom is 0.252 e. The summed E-state index contributed by atoms with van der Waals surface area (Å²) in [5.74, 6) is -0.952. The van der Waals surface area contributed by atoms with Crippen LogP contribution in [-0.4, -0.2) is 35.3 Å². The van der Waals surface area contributed by atoms with E-state index in [1.165, 1.54) is 23.5 Å². The summed E-state index contributed by atoms with van der Waals surface area (Å²) < 4.78 is 13.0. The zero-order valence-electron chi connectivity index (χ0n) is 14.4. The fourth-order valence-corrected chi connectivity index (χ4v) is 2.97. The molecule has 1 aromatic carbocycles. The summed E-state index contributed by atoms with van der Waals surface area (Å²) in [6.07, 6.45) is 0.126. The number of halogens is 1. The number of carbonyl (C=O) groups is 2. The Bertz CT molecular complexity index is 733. The highest BCUT2D eigenvalue weighted by molar-refractivity contribution is 7.09. The number of hydrogen-bond donors (Lipinski definition) is 2. The number of thiazole rings is 1. The Labute approximate surface area is 150 Å². The molecular formula is C17H21FN4O2S. The second-order valence-electron chi connectivity index (χ2n) is 5.80. The first-order chi connectivity index (χ1) is 11.8. The van der Waals surface area contributed by atoms with Gasteiger partial charge in [0, 0.05) is 17.1 Å². The average Bonchev–Trinajstić information content (AvgIpc) is 2.98. The summed E-state index contributed by atoms with van der Waals surface area (Å²) in [7, 11) is 1.79. The van der Waals surface area contributed by atoms with Gasteiger partial charge >= 0.3 is 0 Å². The highest BCUT2D eigenvalue weighted by atomic mass is 32.1. The van der Waals surface area contributed by atoms with Crippen LogP contribution in [0.1, 0.15) is 29.2 Å². The Balaban J connectivity index is 1.76. The smallest absolute Gasteiger partial charge is 0.252 e. The van der Waals surface area contributed by atoms with Gasteiger partial charge in [0.25, 0.3) is 5.91 Å². The van der Waals surface area contributed by atoms with Gasteiger partial charge in [-0.25, -0.2) is 9.37 Å². The van der Waals surface area contributed by atoms with Crippen molar-refractivity contribution in [2.45, 2.75) is 26.3 Å². The van der Waals surface area contributed by atoms with Crippen LogP contribution in [0.15, 0.2) is 29.6 Å². The standard InChI is InChI=1S/C17H21FN4O2S/c1-11-10-25-17(19-11)8-15(23)20-21-16(24)9-22(3)12(2)13-4-6-14(18)7-5-13/h4-7,10,12H,8-9H2,1-3H3,(H,20,23)(H,21,24). The molecule has 6 nitrogen and oxygen atoms in total. The molecule has 0 aliphatic heterocycles. The number of rotatable bonds is 6. The van der Waals surface area contributed by atoms with E-state index in [0.717, 1.165) is 11.3 Å². The number of aryl methyl sites for hydroxylation is 1. The lowest BCUT2D eigenvalue weighted by atomic mass is 10.1. The zero-order valence-corrected chi connectivity index (χ0v) is 15.2. The van der Waals surface area contributed by atoms with Crippen LogP contribution >= 0.6 is 11.3 Å². The first-order valence-electron chi connectivity index (χ1n) is 7.79. The van der Waals surface area contributed by atoms with Gasteiger partial charge in [0.15, 0.2) is 0 Å². The van der Waals surface area contributed by atoms with Gasteiger partial charge in [0.1, 0.15) is 10.8 Å². The first kappa shape index (κ1) is 19.0. The highest BCUT2D eigenvalue weighted by Crippen LogP contribution is 2.18. The maximum atomic E-state index is 13.0. The van der Waals surface area contributed by atoms with E-state index in [2.05, 4.69) is 15.8 Å². The topological polar surface area (TPSA) is 74.3 Å². The van der Waals surface area contributed by atoms with Crippen molar-refractivity contribution in [2.75, 3.05) is 13.6 Å². The molecule has 1 aromatic heterocycles. The summed E-state index contributed by atoms with van der Waals surface area (Å²) >= 11 is 1.41. The SMILES string of the molecule is Cc1csc(CC(=O)NNC(=O)CN(C)C(C)c2ccc(F)cc2)n1. The minimum absolute atomic E-state index is 0.0691. The van der Waals surface area contributed by atoms with Crippen molar-refractivity contribution in [3.63, 3.8) is 0 Å². The van der Waals surface area contributed by atoms with Crippen LogP contribution in [-0.2, 0) is 16.0 Å². The minimum atomic E-state index is -0.333. The molecule has 0 saturated carbocycles. The van der Waals surface area contributed by atoms with Crippen LogP contribution in [0, 0.1) is 12.7 Å². The first-order valence-corrected chi connectivity index (χ1v) is 8.67. The van der Waals surface area contributed by atoms with Gasteiger partial charge in [-0.05, 0) is 38.6 Å². The van der Waals surface area contributed by atoms with Crippen molar-refractivity contribution in [1.82, 2.24) is 20.7 Å². The largest absolute Gasteiger partial charge is 0.291 e. The zero-order chi connectivity index (χ0) is 18.4. The molecule has 1 unspecified atom stereocenters. The normalized spacial score (nSPS) is 12.0. The molecule has 0 spiro atoms. The van der Waals surface area contributed by atoms with E-state index in [4.69, 9.17) is 0 Å². The minimum Gasteiger partial charge on any atom is -0.291 e. The van der Waals surface area contributed by atoms with Crippen LogP contribution in [0.2, 0.25) is 0 Å². The number of hydrazine groups is 1. The van der Waals surface area contributed by atoms with Crippen LogP contribution in [0.25, 0.3) is 0 Å². The summed E-state index contributed by atoms with van der Waals surface area (Å²) in [5, 5.41) is 2.57. The van der Waals surface area contributed by atoms with Gasteiger partial charge in [-0.15, -0.1) is 11.3 Å². The van der Waals surface area contributed by atoms with E-state index in [1.54, 1.807) is 24.1 Å². The molecule has 2 N–H and O–H groups in total. The van der Waals surface area contributed by atoms with Crippen molar-refractivity contribution < 1.29 is 14.0 Å². The monoisotopic (exact) mass is 364 g/mol. The molecular weight excluding hydrogens is 343 g/mol. The Morgan fingerprint density at radius 3 is 2.48 bits per heavy atom. The molecule has 2 amide bonds. The molecule has 25 heavy (non-hydrogen) atoms. The Morgan fingerprint density at radius 1 is 1.24 bits per heavy atom. The molecule has 0 aliphatic rings. The molecule has 0 fully saturated rings. The van der Waals surface area contributed by atoms with Crippen molar-refractivity contribution in [2.24, 2.45) is 0 Å². The highest BCUT2D eigenvalue weighted by Gasteiger charge is 2.15.